The first-order valence-electron chi connectivity index (χ1n) is 13.2. The van der Waals surface area contributed by atoms with Crippen molar-refractivity contribution in [3.8, 4) is 21.6 Å². The monoisotopic (exact) mass is 557 g/mol. The molecule has 202 valence electrons. The van der Waals surface area contributed by atoms with Crippen LogP contribution in [0.4, 0.5) is 18.9 Å². The topological polar surface area (TPSA) is 56.8 Å². The fourth-order valence-corrected chi connectivity index (χ4v) is 6.46. The molecule has 2 aliphatic rings. The number of hydrogen-bond donors (Lipinski definition) is 2. The number of aryl methyl sites for hydroxylation is 1. The lowest BCUT2D eigenvalue weighted by Crippen LogP contribution is -2.24. The van der Waals surface area contributed by atoms with Gasteiger partial charge in [0.1, 0.15) is 11.3 Å². The smallest absolute Gasteiger partial charge is 0.261 e. The summed E-state index contributed by atoms with van der Waals surface area (Å²) < 4.78 is 41.3. The van der Waals surface area contributed by atoms with Crippen molar-refractivity contribution in [2.24, 2.45) is 0 Å². The van der Waals surface area contributed by atoms with Crippen molar-refractivity contribution >= 4 is 33.6 Å². The van der Waals surface area contributed by atoms with Gasteiger partial charge in [0, 0.05) is 59.5 Å². The zero-order chi connectivity index (χ0) is 27.4. The van der Waals surface area contributed by atoms with Crippen LogP contribution in [0.2, 0.25) is 0 Å². The number of H-pyrrole nitrogens is 1. The summed E-state index contributed by atoms with van der Waals surface area (Å²) in [7, 11) is 0. The number of alkyl halides is 2. The van der Waals surface area contributed by atoms with Gasteiger partial charge in [-0.2, -0.15) is 4.39 Å². The molecular formula is C31H26F3N5S. The second kappa shape index (κ2) is 9.60. The van der Waals surface area contributed by atoms with Gasteiger partial charge in [0.05, 0.1) is 18.3 Å². The third kappa shape index (κ3) is 4.69. The number of nitrogens with one attached hydrogen (secondary N) is 2. The Morgan fingerprint density at radius 3 is 2.73 bits per heavy atom. The Bertz CT molecular complexity index is 1790. The van der Waals surface area contributed by atoms with Crippen molar-refractivity contribution in [1.82, 2.24) is 19.9 Å². The predicted molar refractivity (Wildman–Crippen MR) is 154 cm³/mol. The van der Waals surface area contributed by atoms with Crippen LogP contribution < -0.4 is 5.32 Å². The van der Waals surface area contributed by atoms with Gasteiger partial charge in [-0.25, -0.2) is 13.8 Å². The number of imidazole rings is 1. The highest BCUT2D eigenvalue weighted by atomic mass is 32.1. The zero-order valence-electron chi connectivity index (χ0n) is 21.8. The zero-order valence-corrected chi connectivity index (χ0v) is 22.6. The summed E-state index contributed by atoms with van der Waals surface area (Å²) in [5.74, 6) is -1.88. The number of hydrogen-bond acceptors (Lipinski definition) is 5. The van der Waals surface area contributed by atoms with Gasteiger partial charge in [-0.15, -0.1) is 11.3 Å². The summed E-state index contributed by atoms with van der Waals surface area (Å²) >= 11 is 1.08. The van der Waals surface area contributed by atoms with Crippen molar-refractivity contribution in [2.75, 3.05) is 25.0 Å². The lowest BCUT2D eigenvalue weighted by Gasteiger charge is -2.20. The molecule has 1 saturated heterocycles. The highest BCUT2D eigenvalue weighted by Crippen LogP contribution is 2.38. The molecule has 1 fully saturated rings. The fraction of sp³-hybridized carbons (Fsp3) is 0.226. The average Bonchev–Trinajstić information content (AvgIpc) is 3.65. The number of halogens is 3. The van der Waals surface area contributed by atoms with E-state index in [0.717, 1.165) is 77.7 Å². The van der Waals surface area contributed by atoms with E-state index in [-0.39, 0.29) is 18.1 Å². The number of aromatic amines is 1. The van der Waals surface area contributed by atoms with Gasteiger partial charge in [-0.3, -0.25) is 9.88 Å². The van der Waals surface area contributed by atoms with Crippen molar-refractivity contribution < 1.29 is 13.2 Å². The van der Waals surface area contributed by atoms with Crippen LogP contribution in [0, 0.1) is 12.1 Å². The maximum absolute atomic E-state index is 13.8. The molecule has 9 heteroatoms. The molecule has 0 aliphatic carbocycles. The molecule has 40 heavy (non-hydrogen) atoms. The maximum atomic E-state index is 13.8. The van der Waals surface area contributed by atoms with Crippen LogP contribution >= 0.6 is 11.3 Å². The normalized spacial score (nSPS) is 16.6. The quantitative estimate of drug-likeness (QED) is 0.235. The number of pyridine rings is 1. The van der Waals surface area contributed by atoms with E-state index in [4.69, 9.17) is 4.98 Å². The Balaban J connectivity index is 1.24. The lowest BCUT2D eigenvalue weighted by atomic mass is 9.93. The fourth-order valence-electron chi connectivity index (χ4n) is 5.72. The summed E-state index contributed by atoms with van der Waals surface area (Å²) in [6.07, 6.45) is 5.49. The van der Waals surface area contributed by atoms with E-state index in [9.17, 15) is 13.2 Å². The molecule has 0 spiro atoms. The predicted octanol–water partition coefficient (Wildman–Crippen LogP) is 7.50. The van der Waals surface area contributed by atoms with E-state index < -0.39 is 5.92 Å². The van der Waals surface area contributed by atoms with E-state index in [1.54, 1.807) is 18.5 Å². The first kappa shape index (κ1) is 25.0. The largest absolute Gasteiger partial charge is 0.381 e. The Morgan fingerprint density at radius 1 is 1.02 bits per heavy atom. The summed E-state index contributed by atoms with van der Waals surface area (Å²) in [5.41, 5.74) is 9.53. The van der Waals surface area contributed by atoms with Crippen molar-refractivity contribution in [3.05, 3.63) is 94.6 Å². The van der Waals surface area contributed by atoms with Crippen LogP contribution in [0.3, 0.4) is 0 Å². The number of fused-ring (bicyclic) bond motifs is 2. The van der Waals surface area contributed by atoms with E-state index in [1.165, 1.54) is 6.07 Å². The van der Waals surface area contributed by atoms with Crippen LogP contribution in [-0.2, 0) is 6.54 Å². The highest BCUT2D eigenvalue weighted by Gasteiger charge is 2.37. The van der Waals surface area contributed by atoms with Crippen molar-refractivity contribution in [2.45, 2.75) is 25.8 Å². The lowest BCUT2D eigenvalue weighted by molar-refractivity contribution is 0.0115. The molecule has 5 heterocycles. The Kier molecular flexibility index (Phi) is 6.01. The molecule has 5 aromatic rings. The standard InChI is InChI=1S/C31H26F3N5S/c1-18-10-19(16-39-9-7-31(33,34)17-39)12-21(11-18)20-2-3-25-23(13-20)22(6-8-36-25)30-37-26-15-35-14-24(29(26)38-30)27-4-5-28(32)40-27/h2-6,10-15,36H,7-9,16-17H2,1H3,(H,37,38). The molecule has 0 bridgehead atoms. The van der Waals surface area contributed by atoms with Gasteiger partial charge in [0.25, 0.3) is 5.92 Å². The molecular weight excluding hydrogens is 531 g/mol. The Morgan fingerprint density at radius 2 is 1.93 bits per heavy atom. The molecule has 5 nitrogen and oxygen atoms in total. The molecule has 3 aromatic heterocycles. The number of aromatic nitrogens is 3. The van der Waals surface area contributed by atoms with E-state index >= 15 is 0 Å². The minimum atomic E-state index is -2.60. The van der Waals surface area contributed by atoms with Crippen LogP contribution in [0.5, 0.6) is 0 Å². The summed E-state index contributed by atoms with van der Waals surface area (Å²) in [5, 5.41) is 3.20. The molecule has 0 amide bonds. The van der Waals surface area contributed by atoms with Crippen LogP contribution in [0.15, 0.2) is 67.0 Å². The molecule has 0 atom stereocenters. The minimum absolute atomic E-state index is 0.0812. The highest BCUT2D eigenvalue weighted by molar-refractivity contribution is 7.14. The molecule has 2 aromatic carbocycles. The molecule has 2 N–H and O–H groups in total. The van der Waals surface area contributed by atoms with Crippen molar-refractivity contribution in [1.29, 1.82) is 0 Å². The molecule has 2 aliphatic heterocycles. The maximum Gasteiger partial charge on any atom is 0.261 e. The van der Waals surface area contributed by atoms with Gasteiger partial charge < -0.3 is 10.3 Å². The average molecular weight is 558 g/mol. The Labute approximate surface area is 233 Å². The van der Waals surface area contributed by atoms with Crippen molar-refractivity contribution in [3.63, 3.8) is 0 Å². The number of benzene rings is 2. The number of likely N-dealkylation sites (tertiary alicyclic amines) is 1. The summed E-state index contributed by atoms with van der Waals surface area (Å²) in [6.45, 7) is 3.42. The number of rotatable bonds is 5. The molecule has 0 saturated carbocycles. The second-order valence-corrected chi connectivity index (χ2v) is 11.6. The first-order chi connectivity index (χ1) is 19.3. The van der Waals surface area contributed by atoms with E-state index in [0.29, 0.717) is 19.6 Å². The number of anilines is 1. The third-order valence-electron chi connectivity index (χ3n) is 7.52. The first-order valence-corrected chi connectivity index (χ1v) is 14.0. The number of thiophene rings is 1. The third-order valence-corrected chi connectivity index (χ3v) is 8.43. The van der Waals surface area contributed by atoms with Gasteiger partial charge in [0.2, 0.25) is 0 Å². The molecule has 7 rings (SSSR count). The van der Waals surface area contributed by atoms with Gasteiger partial charge in [-0.1, -0.05) is 29.8 Å². The van der Waals surface area contributed by atoms with Gasteiger partial charge in [0.15, 0.2) is 5.13 Å². The van der Waals surface area contributed by atoms with E-state index in [2.05, 4.69) is 57.8 Å². The summed E-state index contributed by atoms with van der Waals surface area (Å²) in [4.78, 5) is 15.3. The van der Waals surface area contributed by atoms with Crippen LogP contribution in [-0.4, -0.2) is 45.4 Å². The van der Waals surface area contributed by atoms with Gasteiger partial charge >= 0.3 is 0 Å². The number of nitrogens with zero attached hydrogens (tertiary/aromatic N) is 3. The second-order valence-electron chi connectivity index (χ2n) is 10.6. The van der Waals surface area contributed by atoms with Gasteiger partial charge in [-0.05, 0) is 53.9 Å². The molecule has 0 unspecified atom stereocenters. The van der Waals surface area contributed by atoms with E-state index in [1.807, 2.05) is 11.8 Å². The molecule has 0 radical (unpaired) electrons. The van der Waals surface area contributed by atoms with Crippen LogP contribution in [0.25, 0.3) is 38.2 Å². The van der Waals surface area contributed by atoms with Crippen LogP contribution in [0.1, 0.15) is 28.9 Å². The minimum Gasteiger partial charge on any atom is -0.381 e. The summed E-state index contributed by atoms with van der Waals surface area (Å²) in [6, 6.07) is 15.8. The Hall–Kier alpha value is -3.95. The SMILES string of the molecule is Cc1cc(CN2CCC(F)(F)C2)cc(-c2ccc3c(c2)C(c2nc4c(-c5ccc(F)s5)cncc4[nH]2)=CCN3)c1.